The summed E-state index contributed by atoms with van der Waals surface area (Å²) >= 11 is 0. The summed E-state index contributed by atoms with van der Waals surface area (Å²) in [4.78, 5) is 22.1. The monoisotopic (exact) mass is 265 g/mol. The molecule has 2 N–H and O–H groups in total. The first-order valence-electron chi connectivity index (χ1n) is 6.65. The number of rotatable bonds is 7. The van der Waals surface area contributed by atoms with Gasteiger partial charge in [-0.25, -0.2) is 9.97 Å². The van der Waals surface area contributed by atoms with E-state index in [1.807, 2.05) is 18.7 Å². The number of amides is 1. The van der Waals surface area contributed by atoms with Gasteiger partial charge < -0.3 is 15.5 Å². The molecule has 0 aliphatic heterocycles. The SMILES string of the molecule is CCCN(CC(=O)NC)c1ncnc(NCC)c1C. The summed E-state index contributed by atoms with van der Waals surface area (Å²) in [5, 5.41) is 5.85. The van der Waals surface area contributed by atoms with Gasteiger partial charge in [0.05, 0.1) is 6.54 Å². The number of carbonyl (C=O) groups is 1. The minimum absolute atomic E-state index is 0.0172. The molecule has 0 atom stereocenters. The van der Waals surface area contributed by atoms with Gasteiger partial charge in [-0.05, 0) is 20.3 Å². The lowest BCUT2D eigenvalue weighted by Gasteiger charge is -2.24. The van der Waals surface area contributed by atoms with Crippen LogP contribution in [0.1, 0.15) is 25.8 Å². The van der Waals surface area contributed by atoms with Crippen molar-refractivity contribution in [2.75, 3.05) is 36.9 Å². The zero-order valence-corrected chi connectivity index (χ0v) is 12.2. The Bertz CT molecular complexity index is 421. The predicted octanol–water partition coefficient (Wildman–Crippen LogP) is 1.18. The molecule has 0 fully saturated rings. The molecule has 106 valence electrons. The molecule has 6 nitrogen and oxygen atoms in total. The molecule has 1 heterocycles. The lowest BCUT2D eigenvalue weighted by atomic mass is 10.2. The standard InChI is InChI=1S/C13H23N5O/c1-5-7-18(8-11(19)14-4)13-10(3)12(15-6-2)16-9-17-13/h9H,5-8H2,1-4H3,(H,14,19)(H,15,16,17). The summed E-state index contributed by atoms with van der Waals surface area (Å²) in [6, 6.07) is 0. The molecule has 0 bridgehead atoms. The van der Waals surface area contributed by atoms with E-state index in [0.717, 1.165) is 36.7 Å². The van der Waals surface area contributed by atoms with E-state index in [1.54, 1.807) is 7.05 Å². The molecule has 1 aromatic heterocycles. The molecule has 0 aromatic carbocycles. The Balaban J connectivity index is 3.01. The van der Waals surface area contributed by atoms with Gasteiger partial charge in [-0.15, -0.1) is 0 Å². The highest BCUT2D eigenvalue weighted by molar-refractivity contribution is 5.81. The number of likely N-dealkylation sites (N-methyl/N-ethyl adjacent to an activating group) is 1. The van der Waals surface area contributed by atoms with Gasteiger partial charge in [0.15, 0.2) is 0 Å². The van der Waals surface area contributed by atoms with E-state index in [-0.39, 0.29) is 5.91 Å². The number of anilines is 2. The van der Waals surface area contributed by atoms with Crippen molar-refractivity contribution in [3.05, 3.63) is 11.9 Å². The first-order chi connectivity index (χ1) is 9.13. The molecule has 1 rings (SSSR count). The fourth-order valence-corrected chi connectivity index (χ4v) is 1.89. The van der Waals surface area contributed by atoms with Crippen LogP contribution in [0.2, 0.25) is 0 Å². The fraction of sp³-hybridized carbons (Fsp3) is 0.615. The Labute approximate surface area is 114 Å². The van der Waals surface area contributed by atoms with Crippen LogP contribution < -0.4 is 15.5 Å². The molecule has 0 saturated carbocycles. The third-order valence-corrected chi connectivity index (χ3v) is 2.81. The number of aromatic nitrogens is 2. The van der Waals surface area contributed by atoms with E-state index in [9.17, 15) is 4.79 Å². The van der Waals surface area contributed by atoms with E-state index in [4.69, 9.17) is 0 Å². The van der Waals surface area contributed by atoms with Crippen molar-refractivity contribution in [2.24, 2.45) is 0 Å². The van der Waals surface area contributed by atoms with Gasteiger partial charge in [-0.1, -0.05) is 6.92 Å². The Kier molecular flexibility index (Phi) is 6.05. The van der Waals surface area contributed by atoms with Crippen LogP contribution in [0, 0.1) is 6.92 Å². The van der Waals surface area contributed by atoms with Crippen molar-refractivity contribution in [1.29, 1.82) is 0 Å². The van der Waals surface area contributed by atoms with E-state index < -0.39 is 0 Å². The van der Waals surface area contributed by atoms with E-state index in [2.05, 4.69) is 27.5 Å². The summed E-state index contributed by atoms with van der Waals surface area (Å²) in [5.41, 5.74) is 0.974. The Morgan fingerprint density at radius 1 is 1.37 bits per heavy atom. The molecule has 0 spiro atoms. The van der Waals surface area contributed by atoms with Crippen LogP contribution in [0.5, 0.6) is 0 Å². The topological polar surface area (TPSA) is 70.2 Å². The zero-order chi connectivity index (χ0) is 14.3. The number of carbonyl (C=O) groups excluding carboxylic acids is 1. The van der Waals surface area contributed by atoms with Gasteiger partial charge in [0, 0.05) is 25.7 Å². The van der Waals surface area contributed by atoms with Gasteiger partial charge in [-0.2, -0.15) is 0 Å². The van der Waals surface area contributed by atoms with E-state index in [0.29, 0.717) is 6.54 Å². The minimum atomic E-state index is -0.0172. The minimum Gasteiger partial charge on any atom is -0.370 e. The summed E-state index contributed by atoms with van der Waals surface area (Å²) in [6.07, 6.45) is 2.49. The average Bonchev–Trinajstić information content (AvgIpc) is 2.41. The van der Waals surface area contributed by atoms with Crippen molar-refractivity contribution in [1.82, 2.24) is 15.3 Å². The highest BCUT2D eigenvalue weighted by Gasteiger charge is 2.15. The number of hydrogen-bond donors (Lipinski definition) is 2. The molecule has 1 aromatic rings. The van der Waals surface area contributed by atoms with Crippen LogP contribution in [-0.4, -0.2) is 42.6 Å². The third-order valence-electron chi connectivity index (χ3n) is 2.81. The van der Waals surface area contributed by atoms with Crippen molar-refractivity contribution < 1.29 is 4.79 Å². The molecule has 0 radical (unpaired) electrons. The summed E-state index contributed by atoms with van der Waals surface area (Å²) in [6.45, 7) is 7.99. The Morgan fingerprint density at radius 3 is 2.68 bits per heavy atom. The largest absolute Gasteiger partial charge is 0.370 e. The molecule has 1 amide bonds. The molecule has 0 aliphatic carbocycles. The van der Waals surface area contributed by atoms with Crippen molar-refractivity contribution in [2.45, 2.75) is 27.2 Å². The van der Waals surface area contributed by atoms with Crippen LogP contribution in [0.25, 0.3) is 0 Å². The van der Waals surface area contributed by atoms with E-state index >= 15 is 0 Å². The maximum atomic E-state index is 11.6. The van der Waals surface area contributed by atoms with Crippen LogP contribution in [0.4, 0.5) is 11.6 Å². The predicted molar refractivity (Wildman–Crippen MR) is 77.5 cm³/mol. The smallest absolute Gasteiger partial charge is 0.239 e. The summed E-state index contributed by atoms with van der Waals surface area (Å²) < 4.78 is 0. The van der Waals surface area contributed by atoms with Crippen molar-refractivity contribution in [3.8, 4) is 0 Å². The molecular formula is C13H23N5O. The van der Waals surface area contributed by atoms with Gasteiger partial charge in [0.1, 0.15) is 18.0 Å². The lowest BCUT2D eigenvalue weighted by Crippen LogP contribution is -2.37. The zero-order valence-electron chi connectivity index (χ0n) is 12.2. The normalized spacial score (nSPS) is 10.1. The highest BCUT2D eigenvalue weighted by Crippen LogP contribution is 2.22. The van der Waals surface area contributed by atoms with Gasteiger partial charge >= 0.3 is 0 Å². The van der Waals surface area contributed by atoms with Gasteiger partial charge in [0.2, 0.25) is 5.91 Å². The lowest BCUT2D eigenvalue weighted by molar-refractivity contribution is -0.119. The second kappa shape index (κ2) is 7.56. The first-order valence-corrected chi connectivity index (χ1v) is 6.65. The van der Waals surface area contributed by atoms with Crippen molar-refractivity contribution >= 4 is 17.5 Å². The molecule has 0 saturated heterocycles. The number of hydrogen-bond acceptors (Lipinski definition) is 5. The summed E-state index contributed by atoms with van der Waals surface area (Å²) in [7, 11) is 1.64. The van der Waals surface area contributed by atoms with Crippen molar-refractivity contribution in [3.63, 3.8) is 0 Å². The van der Waals surface area contributed by atoms with Crippen LogP contribution in [0.15, 0.2) is 6.33 Å². The number of nitrogens with one attached hydrogen (secondary N) is 2. The summed E-state index contributed by atoms with van der Waals surface area (Å²) in [5.74, 6) is 1.62. The van der Waals surface area contributed by atoms with Gasteiger partial charge in [-0.3, -0.25) is 4.79 Å². The Hall–Kier alpha value is -1.85. The third kappa shape index (κ3) is 4.08. The second-order valence-corrected chi connectivity index (χ2v) is 4.30. The molecule has 6 heteroatoms. The first kappa shape index (κ1) is 15.2. The second-order valence-electron chi connectivity index (χ2n) is 4.30. The quantitative estimate of drug-likeness (QED) is 0.774. The Morgan fingerprint density at radius 2 is 2.11 bits per heavy atom. The number of nitrogens with zero attached hydrogens (tertiary/aromatic N) is 3. The molecular weight excluding hydrogens is 242 g/mol. The molecule has 0 aliphatic rings. The fourth-order valence-electron chi connectivity index (χ4n) is 1.89. The maximum absolute atomic E-state index is 11.6. The van der Waals surface area contributed by atoms with Crippen LogP contribution in [-0.2, 0) is 4.79 Å². The van der Waals surface area contributed by atoms with Crippen LogP contribution in [0.3, 0.4) is 0 Å². The van der Waals surface area contributed by atoms with Crippen LogP contribution >= 0.6 is 0 Å². The maximum Gasteiger partial charge on any atom is 0.239 e. The van der Waals surface area contributed by atoms with E-state index in [1.165, 1.54) is 6.33 Å². The molecule has 0 unspecified atom stereocenters. The van der Waals surface area contributed by atoms with Gasteiger partial charge in [0.25, 0.3) is 0 Å². The average molecular weight is 265 g/mol. The molecule has 19 heavy (non-hydrogen) atoms. The highest BCUT2D eigenvalue weighted by atomic mass is 16.1.